The minimum absolute atomic E-state index is 0.0213. The Morgan fingerprint density at radius 1 is 1.56 bits per heavy atom. The summed E-state index contributed by atoms with van der Waals surface area (Å²) in [5.74, 6) is -1.88. The van der Waals surface area contributed by atoms with Crippen molar-refractivity contribution < 1.29 is 24.1 Å². The topological polar surface area (TPSA) is 66.8 Å². The van der Waals surface area contributed by atoms with Gasteiger partial charge in [-0.15, -0.1) is 0 Å². The number of benzene rings is 1. The molecule has 0 amide bonds. The third-order valence-corrected chi connectivity index (χ3v) is 2.68. The fraction of sp³-hybridized carbons (Fsp3) is 0.300. The number of halogens is 2. The molecule has 4 nitrogen and oxygen atoms in total. The number of hydrogen-bond donors (Lipinski definition) is 2. The lowest BCUT2D eigenvalue weighted by atomic mass is 9.99. The smallest absolute Gasteiger partial charge is 0.345 e. The van der Waals surface area contributed by atoms with Crippen LogP contribution in [-0.4, -0.2) is 22.3 Å². The number of fused-ring (bicyclic) bond motifs is 1. The van der Waals surface area contributed by atoms with Gasteiger partial charge in [-0.2, -0.15) is 0 Å². The zero-order valence-electron chi connectivity index (χ0n) is 7.98. The summed E-state index contributed by atoms with van der Waals surface area (Å²) in [5, 5.41) is 18.3. The van der Waals surface area contributed by atoms with E-state index in [1.807, 2.05) is 0 Å². The molecule has 2 N–H and O–H groups in total. The largest absolute Gasteiger partial charge is 0.479 e. The Balaban J connectivity index is 2.42. The second-order valence-electron chi connectivity index (χ2n) is 3.50. The van der Waals surface area contributed by atoms with Crippen molar-refractivity contribution in [1.29, 1.82) is 0 Å². The highest BCUT2D eigenvalue weighted by atomic mass is 35.5. The zero-order chi connectivity index (χ0) is 11.9. The molecular formula is C10H8ClFO4. The maximum atomic E-state index is 13.1. The van der Waals surface area contributed by atoms with Crippen LogP contribution in [0.4, 0.5) is 4.39 Å². The van der Waals surface area contributed by atoms with Crippen LogP contribution in [0.25, 0.3) is 0 Å². The van der Waals surface area contributed by atoms with Crippen LogP contribution >= 0.6 is 11.6 Å². The van der Waals surface area contributed by atoms with Crippen LogP contribution in [0.3, 0.4) is 0 Å². The molecule has 0 aromatic heterocycles. The highest BCUT2D eigenvalue weighted by Crippen LogP contribution is 2.37. The number of ether oxygens (including phenoxy) is 1. The van der Waals surface area contributed by atoms with Gasteiger partial charge in [0.25, 0.3) is 0 Å². The first kappa shape index (κ1) is 11.2. The van der Waals surface area contributed by atoms with Gasteiger partial charge in [-0.3, -0.25) is 0 Å². The van der Waals surface area contributed by atoms with Gasteiger partial charge in [-0.1, -0.05) is 11.6 Å². The van der Waals surface area contributed by atoms with Crippen molar-refractivity contribution in [3.63, 3.8) is 0 Å². The normalized spacial score (nSPS) is 23.4. The van der Waals surface area contributed by atoms with Gasteiger partial charge in [0, 0.05) is 18.1 Å². The number of hydrogen-bond acceptors (Lipinski definition) is 3. The molecule has 1 aromatic carbocycles. The summed E-state index contributed by atoms with van der Waals surface area (Å²) in [6.45, 7) is 0. The molecule has 0 saturated carbocycles. The molecule has 2 rings (SSSR count). The number of carbonyl (C=O) groups is 1. The molecule has 0 radical (unpaired) electrons. The first-order valence-electron chi connectivity index (χ1n) is 4.55. The number of rotatable bonds is 1. The molecule has 0 bridgehead atoms. The standard InChI is InChI=1S/C10H8ClFO4/c11-5-1-4-7(13)3-9(10(14)15)16-8(4)2-6(5)12/h1-2,7,9,13H,3H2,(H,14,15)/t7-,9-/m0/s1. The van der Waals surface area contributed by atoms with Crippen LogP contribution in [-0.2, 0) is 4.79 Å². The molecular weight excluding hydrogens is 239 g/mol. The summed E-state index contributed by atoms with van der Waals surface area (Å²) in [5.41, 5.74) is 0.309. The summed E-state index contributed by atoms with van der Waals surface area (Å²) < 4.78 is 18.2. The number of aliphatic carboxylic acids is 1. The third kappa shape index (κ3) is 1.83. The van der Waals surface area contributed by atoms with Crippen LogP contribution in [0.5, 0.6) is 5.75 Å². The molecule has 0 fully saturated rings. The third-order valence-electron chi connectivity index (χ3n) is 2.39. The average molecular weight is 247 g/mol. The quantitative estimate of drug-likeness (QED) is 0.792. The zero-order valence-corrected chi connectivity index (χ0v) is 8.74. The summed E-state index contributed by atoms with van der Waals surface area (Å²) in [6.07, 6.45) is -2.25. The van der Waals surface area contributed by atoms with Crippen molar-refractivity contribution >= 4 is 17.6 Å². The van der Waals surface area contributed by atoms with Gasteiger partial charge in [-0.25, -0.2) is 9.18 Å². The number of carboxylic acid groups (broad SMARTS) is 1. The molecule has 1 aliphatic heterocycles. The minimum atomic E-state index is -1.19. The van der Waals surface area contributed by atoms with E-state index in [1.165, 1.54) is 6.07 Å². The molecule has 2 atom stereocenters. The Morgan fingerprint density at radius 2 is 2.25 bits per heavy atom. The first-order chi connectivity index (χ1) is 7.49. The van der Waals surface area contributed by atoms with Crippen molar-refractivity contribution in [3.05, 3.63) is 28.5 Å². The first-order valence-corrected chi connectivity index (χ1v) is 4.93. The van der Waals surface area contributed by atoms with Crippen LogP contribution < -0.4 is 4.74 Å². The molecule has 6 heteroatoms. The summed E-state index contributed by atoms with van der Waals surface area (Å²) in [6, 6.07) is 2.23. The monoisotopic (exact) mass is 246 g/mol. The van der Waals surface area contributed by atoms with Gasteiger partial charge in [0.2, 0.25) is 0 Å². The van der Waals surface area contributed by atoms with E-state index in [4.69, 9.17) is 21.4 Å². The van der Waals surface area contributed by atoms with Crippen LogP contribution in [0.1, 0.15) is 18.1 Å². The predicted octanol–water partition coefficient (Wildman–Crippen LogP) is 1.75. The van der Waals surface area contributed by atoms with E-state index >= 15 is 0 Å². The van der Waals surface area contributed by atoms with E-state index in [1.54, 1.807) is 0 Å². The van der Waals surface area contributed by atoms with E-state index in [0.29, 0.717) is 5.56 Å². The van der Waals surface area contributed by atoms with Gasteiger partial charge in [0.15, 0.2) is 6.10 Å². The molecule has 1 aromatic rings. The Bertz CT molecular complexity index is 449. The molecule has 16 heavy (non-hydrogen) atoms. The molecule has 0 saturated heterocycles. The van der Waals surface area contributed by atoms with E-state index in [0.717, 1.165) is 6.07 Å². The van der Waals surface area contributed by atoms with E-state index in [9.17, 15) is 14.3 Å². The van der Waals surface area contributed by atoms with Crippen molar-refractivity contribution in [2.24, 2.45) is 0 Å². The highest BCUT2D eigenvalue weighted by Gasteiger charge is 2.32. The fourth-order valence-corrected chi connectivity index (χ4v) is 1.76. The molecule has 0 unspecified atom stereocenters. The second-order valence-corrected chi connectivity index (χ2v) is 3.91. The lowest BCUT2D eigenvalue weighted by Gasteiger charge is -2.27. The van der Waals surface area contributed by atoms with E-state index in [-0.39, 0.29) is 17.2 Å². The molecule has 0 spiro atoms. The van der Waals surface area contributed by atoms with Gasteiger partial charge < -0.3 is 14.9 Å². The molecule has 1 aliphatic rings. The van der Waals surface area contributed by atoms with Crippen molar-refractivity contribution in [3.8, 4) is 5.75 Å². The number of carboxylic acids is 1. The molecule has 1 heterocycles. The predicted molar refractivity (Wildman–Crippen MR) is 53.0 cm³/mol. The van der Waals surface area contributed by atoms with Crippen molar-refractivity contribution in [2.45, 2.75) is 18.6 Å². The molecule has 0 aliphatic carbocycles. The lowest BCUT2D eigenvalue weighted by molar-refractivity contribution is -0.147. The Kier molecular flexibility index (Phi) is 2.73. The molecule has 86 valence electrons. The van der Waals surface area contributed by atoms with Gasteiger partial charge >= 0.3 is 5.97 Å². The second kappa shape index (κ2) is 3.92. The summed E-state index contributed by atoms with van der Waals surface area (Å²) in [4.78, 5) is 10.7. The maximum Gasteiger partial charge on any atom is 0.345 e. The number of aliphatic hydroxyl groups is 1. The summed E-state index contributed by atoms with van der Waals surface area (Å²) >= 11 is 5.55. The van der Waals surface area contributed by atoms with Crippen LogP contribution in [0.2, 0.25) is 5.02 Å². The average Bonchev–Trinajstić information content (AvgIpc) is 2.20. The highest BCUT2D eigenvalue weighted by molar-refractivity contribution is 6.30. The Labute approximate surface area is 95.2 Å². The maximum absolute atomic E-state index is 13.1. The fourth-order valence-electron chi connectivity index (χ4n) is 1.59. The van der Waals surface area contributed by atoms with Gasteiger partial charge in [-0.05, 0) is 6.07 Å². The van der Waals surface area contributed by atoms with E-state index < -0.39 is 24.0 Å². The lowest BCUT2D eigenvalue weighted by Crippen LogP contribution is -2.33. The van der Waals surface area contributed by atoms with Crippen LogP contribution in [0, 0.1) is 5.82 Å². The number of aliphatic hydroxyl groups excluding tert-OH is 1. The van der Waals surface area contributed by atoms with E-state index in [2.05, 4.69) is 0 Å². The van der Waals surface area contributed by atoms with Crippen molar-refractivity contribution in [2.75, 3.05) is 0 Å². The van der Waals surface area contributed by atoms with Gasteiger partial charge in [0.05, 0.1) is 11.1 Å². The van der Waals surface area contributed by atoms with Gasteiger partial charge in [0.1, 0.15) is 11.6 Å². The van der Waals surface area contributed by atoms with Crippen LogP contribution in [0.15, 0.2) is 12.1 Å². The Hall–Kier alpha value is -1.33. The summed E-state index contributed by atoms with van der Waals surface area (Å²) in [7, 11) is 0. The SMILES string of the molecule is O=C(O)[C@@H]1C[C@H](O)c2cc(Cl)c(F)cc2O1. The Morgan fingerprint density at radius 3 is 2.88 bits per heavy atom. The van der Waals surface area contributed by atoms with Crippen molar-refractivity contribution in [1.82, 2.24) is 0 Å². The minimum Gasteiger partial charge on any atom is -0.479 e.